The Hall–Kier alpha value is -4.38. The molecule has 2 aromatic heterocycles. The lowest BCUT2D eigenvalue weighted by Gasteiger charge is -2.20. The summed E-state index contributed by atoms with van der Waals surface area (Å²) >= 11 is 0. The highest BCUT2D eigenvalue weighted by atomic mass is 32.2. The molecule has 0 aliphatic carbocycles. The predicted octanol–water partition coefficient (Wildman–Crippen LogP) is 3.71. The van der Waals surface area contributed by atoms with E-state index in [0.29, 0.717) is 12.0 Å². The Balaban J connectivity index is 0.000000978. The van der Waals surface area contributed by atoms with Crippen LogP contribution in [-0.4, -0.2) is 73.0 Å². The Kier molecular flexibility index (Phi) is 11.2. The highest BCUT2D eigenvalue weighted by Crippen LogP contribution is 2.41. The van der Waals surface area contributed by atoms with Crippen LogP contribution in [0.25, 0.3) is 11.6 Å². The third-order valence-corrected chi connectivity index (χ3v) is 6.83. The van der Waals surface area contributed by atoms with Crippen molar-refractivity contribution in [3.63, 3.8) is 0 Å². The summed E-state index contributed by atoms with van der Waals surface area (Å²) in [5.74, 6) is 0.271. The van der Waals surface area contributed by atoms with Gasteiger partial charge >= 0.3 is 0 Å². The lowest BCUT2D eigenvalue weighted by molar-refractivity contribution is 0.192. The zero-order chi connectivity index (χ0) is 32.5. The summed E-state index contributed by atoms with van der Waals surface area (Å²) in [4.78, 5) is 17.1. The standard InChI is InChI=1S/C27H29N5O6S.CH4O3S/c1-27(2,3)18-10-12-19(13-11-18)39(34,35)32-23-22(38-21-9-6-5-8-20(21)36-4)26(37-17-16-33)31-25(30-23)24-28-14-7-15-29-24;1-5(2,3)4/h5-15,33H,16-17H2,1-4H3,(H,30,31,32);1H3,(H,2,3,4). The number of nitrogens with one attached hydrogen (secondary N) is 1. The van der Waals surface area contributed by atoms with Gasteiger partial charge in [-0.15, -0.1) is 0 Å². The van der Waals surface area contributed by atoms with Crippen molar-refractivity contribution in [3.8, 4) is 34.8 Å². The maximum absolute atomic E-state index is 13.5. The summed E-state index contributed by atoms with van der Waals surface area (Å²) in [5.41, 5.74) is 0.827. The molecular formula is C28H33N5O9S2. The number of ether oxygens (including phenoxy) is 3. The molecule has 0 saturated heterocycles. The van der Waals surface area contributed by atoms with E-state index in [1.165, 1.54) is 31.6 Å². The van der Waals surface area contributed by atoms with Gasteiger partial charge < -0.3 is 19.3 Å². The second kappa shape index (κ2) is 14.4. The first-order valence-corrected chi connectivity index (χ1v) is 16.3. The van der Waals surface area contributed by atoms with E-state index in [9.17, 15) is 21.9 Å². The summed E-state index contributed by atoms with van der Waals surface area (Å²) in [7, 11) is -6.33. The number of hydrogen-bond acceptors (Lipinski definition) is 12. The first-order valence-electron chi connectivity index (χ1n) is 12.9. The lowest BCUT2D eigenvalue weighted by atomic mass is 9.87. The van der Waals surface area contributed by atoms with Crippen molar-refractivity contribution < 1.29 is 40.7 Å². The van der Waals surface area contributed by atoms with Crippen LogP contribution in [0, 0.1) is 0 Å². The van der Waals surface area contributed by atoms with Crippen LogP contribution in [0.1, 0.15) is 26.3 Å². The summed E-state index contributed by atoms with van der Waals surface area (Å²) in [6, 6.07) is 15.0. The number of aliphatic hydroxyl groups excluding tert-OH is 1. The SMILES string of the molecule is COc1ccccc1Oc1c(NS(=O)(=O)c2ccc(C(C)(C)C)cc2)nc(-c2ncccn2)nc1OCCO.CS(=O)(=O)O. The molecule has 236 valence electrons. The molecule has 2 aromatic carbocycles. The van der Waals surface area contributed by atoms with Crippen LogP contribution in [0.4, 0.5) is 5.82 Å². The first-order chi connectivity index (χ1) is 20.6. The molecule has 2 heterocycles. The van der Waals surface area contributed by atoms with E-state index in [2.05, 4.69) is 24.7 Å². The molecular weight excluding hydrogens is 614 g/mol. The number of nitrogens with zero attached hydrogens (tertiary/aromatic N) is 4. The molecule has 0 unspecified atom stereocenters. The van der Waals surface area contributed by atoms with Gasteiger partial charge in [-0.1, -0.05) is 45.0 Å². The molecule has 0 atom stereocenters. The van der Waals surface area contributed by atoms with Gasteiger partial charge in [-0.2, -0.15) is 13.4 Å². The quantitative estimate of drug-likeness (QED) is 0.211. The minimum Gasteiger partial charge on any atom is -0.493 e. The second-order valence-electron chi connectivity index (χ2n) is 10.0. The fourth-order valence-corrected chi connectivity index (χ4v) is 4.48. The van der Waals surface area contributed by atoms with Crippen molar-refractivity contribution in [1.82, 2.24) is 19.9 Å². The summed E-state index contributed by atoms with van der Waals surface area (Å²) in [5, 5.41) is 9.40. The molecule has 0 spiro atoms. The van der Waals surface area contributed by atoms with E-state index >= 15 is 0 Å². The van der Waals surface area contributed by atoms with Crippen LogP contribution >= 0.6 is 0 Å². The smallest absolute Gasteiger partial charge is 0.263 e. The Morgan fingerprint density at radius 3 is 2.00 bits per heavy atom. The number of aromatic nitrogens is 4. The lowest BCUT2D eigenvalue weighted by Crippen LogP contribution is -2.17. The molecule has 3 N–H and O–H groups in total. The number of benzene rings is 2. The van der Waals surface area contributed by atoms with Gasteiger partial charge in [0.25, 0.3) is 26.0 Å². The van der Waals surface area contributed by atoms with Gasteiger partial charge in [0.2, 0.25) is 11.6 Å². The molecule has 4 rings (SSSR count). The van der Waals surface area contributed by atoms with Gasteiger partial charge in [0, 0.05) is 12.4 Å². The van der Waals surface area contributed by atoms with E-state index in [1.807, 2.05) is 20.8 Å². The molecule has 0 amide bonds. The summed E-state index contributed by atoms with van der Waals surface area (Å²) < 4.78 is 72.5. The van der Waals surface area contributed by atoms with Gasteiger partial charge in [0.15, 0.2) is 23.1 Å². The van der Waals surface area contributed by atoms with Gasteiger partial charge in [-0.25, -0.2) is 23.4 Å². The number of hydrogen-bond donors (Lipinski definition) is 3. The van der Waals surface area contributed by atoms with Crippen molar-refractivity contribution >= 4 is 26.0 Å². The molecule has 4 aromatic rings. The largest absolute Gasteiger partial charge is 0.493 e. The topological polar surface area (TPSA) is 200 Å². The molecule has 44 heavy (non-hydrogen) atoms. The normalized spacial score (nSPS) is 11.6. The zero-order valence-corrected chi connectivity index (χ0v) is 26.3. The average Bonchev–Trinajstić information content (AvgIpc) is 2.96. The van der Waals surface area contributed by atoms with E-state index in [-0.39, 0.29) is 58.4 Å². The highest BCUT2D eigenvalue weighted by molar-refractivity contribution is 7.92. The van der Waals surface area contributed by atoms with Gasteiger partial charge in [0.1, 0.15) is 6.61 Å². The monoisotopic (exact) mass is 647 g/mol. The third kappa shape index (κ3) is 9.84. The van der Waals surface area contributed by atoms with E-state index < -0.39 is 20.1 Å². The van der Waals surface area contributed by atoms with Crippen LogP contribution in [-0.2, 0) is 25.6 Å². The number of sulfonamides is 1. The maximum Gasteiger partial charge on any atom is 0.263 e. The van der Waals surface area contributed by atoms with Crippen molar-refractivity contribution in [3.05, 3.63) is 72.6 Å². The van der Waals surface area contributed by atoms with Gasteiger partial charge in [-0.3, -0.25) is 9.27 Å². The Morgan fingerprint density at radius 1 is 0.864 bits per heavy atom. The zero-order valence-electron chi connectivity index (χ0n) is 24.6. The van der Waals surface area contributed by atoms with Crippen molar-refractivity contribution in [2.45, 2.75) is 31.1 Å². The van der Waals surface area contributed by atoms with E-state index in [4.69, 9.17) is 18.8 Å². The van der Waals surface area contributed by atoms with Crippen LogP contribution in [0.15, 0.2) is 71.9 Å². The molecule has 0 bridgehead atoms. The third-order valence-electron chi connectivity index (χ3n) is 5.47. The van der Waals surface area contributed by atoms with Crippen molar-refractivity contribution in [2.75, 3.05) is 31.3 Å². The van der Waals surface area contributed by atoms with Gasteiger partial charge in [0.05, 0.1) is 24.9 Å². The van der Waals surface area contributed by atoms with Crippen LogP contribution in [0.2, 0.25) is 0 Å². The molecule has 0 aliphatic heterocycles. The minimum absolute atomic E-state index is 0.0169. The van der Waals surface area contributed by atoms with E-state index in [0.717, 1.165) is 5.56 Å². The summed E-state index contributed by atoms with van der Waals surface area (Å²) in [6.45, 7) is 5.65. The highest BCUT2D eigenvalue weighted by Gasteiger charge is 2.26. The number of methoxy groups -OCH3 is 1. The number of anilines is 1. The first kappa shape index (κ1) is 34.1. The van der Waals surface area contributed by atoms with Gasteiger partial charge in [-0.05, 0) is 41.3 Å². The minimum atomic E-state index is -4.14. The van der Waals surface area contributed by atoms with Crippen LogP contribution in [0.5, 0.6) is 23.1 Å². The summed E-state index contributed by atoms with van der Waals surface area (Å²) in [6.07, 6.45) is 3.71. The molecule has 16 heteroatoms. The predicted molar refractivity (Wildman–Crippen MR) is 162 cm³/mol. The number of aliphatic hydroxyl groups is 1. The van der Waals surface area contributed by atoms with Crippen molar-refractivity contribution in [2.24, 2.45) is 0 Å². The molecule has 0 aliphatic rings. The molecule has 0 fully saturated rings. The van der Waals surface area contributed by atoms with Crippen molar-refractivity contribution in [1.29, 1.82) is 0 Å². The van der Waals surface area contributed by atoms with Crippen LogP contribution < -0.4 is 18.9 Å². The molecule has 14 nitrogen and oxygen atoms in total. The fraction of sp³-hybridized carbons (Fsp3) is 0.286. The second-order valence-corrected chi connectivity index (χ2v) is 13.2. The van der Waals surface area contributed by atoms with E-state index in [1.54, 1.807) is 42.5 Å². The molecule has 0 saturated carbocycles. The van der Waals surface area contributed by atoms with Crippen LogP contribution in [0.3, 0.4) is 0 Å². The Morgan fingerprint density at radius 2 is 1.45 bits per heavy atom. The average molecular weight is 648 g/mol. The Bertz CT molecular complexity index is 1760. The maximum atomic E-state index is 13.5. The number of rotatable bonds is 10. The Labute approximate surface area is 255 Å². The number of para-hydroxylation sites is 2. The molecule has 0 radical (unpaired) electrons. The fourth-order valence-electron chi connectivity index (χ4n) is 3.48.